The first-order chi connectivity index (χ1) is 17.3. The van der Waals surface area contributed by atoms with Gasteiger partial charge in [0.2, 0.25) is 0 Å². The van der Waals surface area contributed by atoms with Gasteiger partial charge in [0.05, 0.1) is 24.2 Å². The van der Waals surface area contributed by atoms with Gasteiger partial charge in [0.25, 0.3) is 11.6 Å². The molecule has 0 heterocycles. The molecular formula is C26H22ClN3O6. The summed E-state index contributed by atoms with van der Waals surface area (Å²) in [6.45, 7) is 0.314. The summed E-state index contributed by atoms with van der Waals surface area (Å²) >= 11 is 6.32. The zero-order valence-electron chi connectivity index (χ0n) is 19.5. The molecule has 0 saturated carbocycles. The highest BCUT2D eigenvalue weighted by Crippen LogP contribution is 2.28. The summed E-state index contributed by atoms with van der Waals surface area (Å²) in [7, 11) is 3.06. The van der Waals surface area contributed by atoms with E-state index in [1.54, 1.807) is 55.6 Å². The summed E-state index contributed by atoms with van der Waals surface area (Å²) in [5.74, 6) is 1.01. The van der Waals surface area contributed by atoms with Crippen LogP contribution in [0.5, 0.6) is 17.2 Å². The number of halogens is 1. The lowest BCUT2D eigenvalue weighted by atomic mass is 10.1. The van der Waals surface area contributed by atoms with Crippen LogP contribution in [0.4, 0.5) is 5.69 Å². The number of amides is 1. The van der Waals surface area contributed by atoms with Crippen molar-refractivity contribution in [2.75, 3.05) is 14.2 Å². The summed E-state index contributed by atoms with van der Waals surface area (Å²) in [6, 6.07) is 18.0. The minimum atomic E-state index is -0.551. The van der Waals surface area contributed by atoms with Crippen molar-refractivity contribution in [1.29, 1.82) is 5.26 Å². The Labute approximate surface area is 212 Å². The summed E-state index contributed by atoms with van der Waals surface area (Å²) in [5.41, 5.74) is 1.89. The van der Waals surface area contributed by atoms with E-state index in [4.69, 9.17) is 25.8 Å². The van der Waals surface area contributed by atoms with E-state index in [-0.39, 0.29) is 29.4 Å². The first-order valence-electron chi connectivity index (χ1n) is 10.6. The fourth-order valence-corrected chi connectivity index (χ4v) is 3.43. The smallest absolute Gasteiger partial charge is 0.269 e. The second-order valence-electron chi connectivity index (χ2n) is 7.43. The molecule has 10 heteroatoms. The zero-order chi connectivity index (χ0) is 26.1. The highest BCUT2D eigenvalue weighted by molar-refractivity contribution is 6.32. The number of non-ortho nitro benzene ring substituents is 1. The van der Waals surface area contributed by atoms with Crippen molar-refractivity contribution in [1.82, 2.24) is 5.32 Å². The summed E-state index contributed by atoms with van der Waals surface area (Å²) in [4.78, 5) is 22.9. The number of nitrogens with one attached hydrogen (secondary N) is 1. The van der Waals surface area contributed by atoms with Crippen molar-refractivity contribution in [3.8, 4) is 23.3 Å². The van der Waals surface area contributed by atoms with Crippen molar-refractivity contribution in [2.24, 2.45) is 0 Å². The van der Waals surface area contributed by atoms with E-state index in [1.807, 2.05) is 6.07 Å². The Hall–Kier alpha value is -4.55. The fraction of sp³-hybridized carbons (Fsp3) is 0.154. The maximum absolute atomic E-state index is 12.6. The van der Waals surface area contributed by atoms with Crippen LogP contribution < -0.4 is 19.5 Å². The van der Waals surface area contributed by atoms with Gasteiger partial charge >= 0.3 is 0 Å². The lowest BCUT2D eigenvalue weighted by Crippen LogP contribution is -2.24. The Morgan fingerprint density at radius 3 is 2.44 bits per heavy atom. The first-order valence-corrected chi connectivity index (χ1v) is 11.0. The number of benzene rings is 3. The van der Waals surface area contributed by atoms with Crippen molar-refractivity contribution < 1.29 is 23.9 Å². The Morgan fingerprint density at radius 2 is 1.83 bits per heavy atom. The van der Waals surface area contributed by atoms with Gasteiger partial charge in [-0.2, -0.15) is 5.26 Å². The van der Waals surface area contributed by atoms with Crippen molar-refractivity contribution in [3.63, 3.8) is 0 Å². The predicted octanol–water partition coefficient (Wildman–Crippen LogP) is 5.07. The van der Waals surface area contributed by atoms with E-state index in [2.05, 4.69) is 5.32 Å². The third kappa shape index (κ3) is 6.74. The minimum Gasteiger partial charge on any atom is -0.497 e. The molecular weight excluding hydrogens is 486 g/mol. The molecule has 0 aliphatic carbocycles. The molecule has 9 nitrogen and oxygen atoms in total. The van der Waals surface area contributed by atoms with Gasteiger partial charge in [0.1, 0.15) is 35.5 Å². The van der Waals surface area contributed by atoms with Crippen LogP contribution in [0, 0.1) is 21.4 Å². The third-order valence-corrected chi connectivity index (χ3v) is 5.40. The van der Waals surface area contributed by atoms with Crippen molar-refractivity contribution in [3.05, 3.63) is 98.1 Å². The molecule has 0 atom stereocenters. The predicted molar refractivity (Wildman–Crippen MR) is 134 cm³/mol. The Balaban J connectivity index is 1.65. The first kappa shape index (κ1) is 26.1. The number of methoxy groups -OCH3 is 2. The van der Waals surface area contributed by atoms with Gasteiger partial charge in [-0.3, -0.25) is 14.9 Å². The van der Waals surface area contributed by atoms with E-state index in [0.29, 0.717) is 22.8 Å². The van der Waals surface area contributed by atoms with Crippen LogP contribution in [-0.2, 0) is 17.9 Å². The van der Waals surface area contributed by atoms with E-state index >= 15 is 0 Å². The average Bonchev–Trinajstić information content (AvgIpc) is 2.89. The van der Waals surface area contributed by atoms with E-state index in [9.17, 15) is 20.2 Å². The molecule has 1 amide bonds. The Morgan fingerprint density at radius 1 is 1.08 bits per heavy atom. The van der Waals surface area contributed by atoms with Crippen LogP contribution in [0.25, 0.3) is 6.08 Å². The van der Waals surface area contributed by atoms with Crippen LogP contribution in [-0.4, -0.2) is 25.1 Å². The fourth-order valence-electron chi connectivity index (χ4n) is 3.18. The van der Waals surface area contributed by atoms with Crippen LogP contribution in [0.15, 0.2) is 66.2 Å². The molecule has 0 unspecified atom stereocenters. The van der Waals surface area contributed by atoms with Crippen LogP contribution in [0.1, 0.15) is 16.7 Å². The molecule has 0 aromatic heterocycles. The maximum Gasteiger partial charge on any atom is 0.269 e. The quantitative estimate of drug-likeness (QED) is 0.176. The molecule has 0 radical (unpaired) electrons. The standard InChI is InChI=1S/C26H22ClN3O6/c1-34-22-9-6-19(25(13-22)35-2)15-29-26(31)20(14-28)11-18-5-10-24(23(27)12-18)36-16-17-3-7-21(8-4-17)30(32)33/h3-13H,15-16H2,1-2H3,(H,29,31)/b20-11+. The number of nitro groups is 1. The van der Waals surface area contributed by atoms with Gasteiger partial charge in [-0.15, -0.1) is 0 Å². The highest BCUT2D eigenvalue weighted by Gasteiger charge is 2.12. The summed E-state index contributed by atoms with van der Waals surface area (Å²) in [6.07, 6.45) is 1.42. The molecule has 3 rings (SSSR count). The van der Waals surface area contributed by atoms with Crippen LogP contribution in [0.2, 0.25) is 5.02 Å². The molecule has 3 aromatic carbocycles. The number of nitriles is 1. The number of ether oxygens (including phenoxy) is 3. The zero-order valence-corrected chi connectivity index (χ0v) is 20.2. The van der Waals surface area contributed by atoms with Crippen LogP contribution >= 0.6 is 11.6 Å². The van der Waals surface area contributed by atoms with E-state index < -0.39 is 10.8 Å². The minimum absolute atomic E-state index is 0.00612. The Bertz CT molecular complexity index is 1330. The number of nitrogens with zero attached hydrogens (tertiary/aromatic N) is 2. The number of hydrogen-bond acceptors (Lipinski definition) is 7. The monoisotopic (exact) mass is 507 g/mol. The van der Waals surface area contributed by atoms with Gasteiger partial charge < -0.3 is 19.5 Å². The second kappa shape index (κ2) is 12.2. The molecule has 0 bridgehead atoms. The number of rotatable bonds is 10. The molecule has 0 fully saturated rings. The van der Waals surface area contributed by atoms with Crippen molar-refractivity contribution in [2.45, 2.75) is 13.2 Å². The van der Waals surface area contributed by atoms with E-state index in [0.717, 1.165) is 11.1 Å². The number of nitro benzene ring substituents is 1. The number of hydrogen-bond donors (Lipinski definition) is 1. The molecule has 184 valence electrons. The highest BCUT2D eigenvalue weighted by atomic mass is 35.5. The van der Waals surface area contributed by atoms with Gasteiger partial charge in [0, 0.05) is 30.3 Å². The maximum atomic E-state index is 12.6. The normalized spacial score (nSPS) is 10.8. The molecule has 1 N–H and O–H groups in total. The average molecular weight is 508 g/mol. The molecule has 0 aliphatic heterocycles. The lowest BCUT2D eigenvalue weighted by molar-refractivity contribution is -0.384. The topological polar surface area (TPSA) is 124 Å². The van der Waals surface area contributed by atoms with Gasteiger partial charge in [0.15, 0.2) is 0 Å². The SMILES string of the molecule is COc1ccc(CNC(=O)/C(C#N)=C/c2ccc(OCc3ccc([N+](=O)[O-])cc3)c(Cl)c2)c(OC)c1. The number of carbonyl (C=O) groups excluding carboxylic acids is 1. The van der Waals surface area contributed by atoms with Gasteiger partial charge in [-0.05, 0) is 53.6 Å². The molecule has 36 heavy (non-hydrogen) atoms. The summed E-state index contributed by atoms with van der Waals surface area (Å²) < 4.78 is 16.2. The molecule has 0 aliphatic rings. The second-order valence-corrected chi connectivity index (χ2v) is 7.84. The Kier molecular flexibility index (Phi) is 8.86. The summed E-state index contributed by atoms with van der Waals surface area (Å²) in [5, 5.41) is 23.2. The third-order valence-electron chi connectivity index (χ3n) is 5.11. The van der Waals surface area contributed by atoms with E-state index in [1.165, 1.54) is 25.3 Å². The lowest BCUT2D eigenvalue weighted by Gasteiger charge is -2.11. The number of carbonyl (C=O) groups is 1. The molecule has 0 saturated heterocycles. The largest absolute Gasteiger partial charge is 0.497 e. The molecule has 3 aromatic rings. The van der Waals surface area contributed by atoms with Gasteiger partial charge in [-0.1, -0.05) is 17.7 Å². The van der Waals surface area contributed by atoms with Gasteiger partial charge in [-0.25, -0.2) is 0 Å². The van der Waals surface area contributed by atoms with Crippen LogP contribution in [0.3, 0.4) is 0 Å². The molecule has 0 spiro atoms. The van der Waals surface area contributed by atoms with Crippen molar-refractivity contribution >= 4 is 29.3 Å².